The Kier molecular flexibility index (Phi) is 2.89. The highest BCUT2D eigenvalue weighted by atomic mass is 16.4. The first kappa shape index (κ1) is 11.9. The van der Waals surface area contributed by atoms with Gasteiger partial charge in [-0.25, -0.2) is 4.79 Å². The number of carboxylic acid groups (broad SMARTS) is 1. The van der Waals surface area contributed by atoms with Crippen molar-refractivity contribution in [1.82, 2.24) is 4.57 Å². The van der Waals surface area contributed by atoms with Gasteiger partial charge in [0.05, 0.1) is 0 Å². The molecule has 0 aliphatic rings. The Morgan fingerprint density at radius 3 is 2.56 bits per heavy atom. The zero-order valence-corrected chi connectivity index (χ0v) is 9.62. The predicted molar refractivity (Wildman–Crippen MR) is 65.7 cm³/mol. The maximum atomic E-state index is 11.6. The molecule has 0 spiro atoms. The molecule has 5 nitrogen and oxygen atoms in total. The van der Waals surface area contributed by atoms with Gasteiger partial charge in [-0.3, -0.25) is 4.79 Å². The Bertz CT molecular complexity index is 673. The molecule has 92 valence electrons. The van der Waals surface area contributed by atoms with E-state index in [1.54, 1.807) is 18.2 Å². The van der Waals surface area contributed by atoms with Gasteiger partial charge in [-0.05, 0) is 12.1 Å². The number of rotatable bonds is 2. The van der Waals surface area contributed by atoms with Crippen molar-refractivity contribution in [3.63, 3.8) is 0 Å². The van der Waals surface area contributed by atoms with Crippen LogP contribution in [0.15, 0.2) is 41.3 Å². The first-order chi connectivity index (χ1) is 8.50. The van der Waals surface area contributed by atoms with Crippen molar-refractivity contribution in [2.45, 2.75) is 0 Å². The molecule has 1 aromatic heterocycles. The highest BCUT2D eigenvalue weighted by Crippen LogP contribution is 2.28. The number of phenols is 1. The van der Waals surface area contributed by atoms with Gasteiger partial charge < -0.3 is 14.8 Å². The third-order valence-electron chi connectivity index (χ3n) is 2.63. The Hall–Kier alpha value is -2.56. The van der Waals surface area contributed by atoms with Crippen LogP contribution in [0.25, 0.3) is 11.1 Å². The summed E-state index contributed by atoms with van der Waals surface area (Å²) in [6, 6.07) is 7.81. The summed E-state index contributed by atoms with van der Waals surface area (Å²) >= 11 is 0. The molecule has 5 heteroatoms. The largest absolute Gasteiger partial charge is 0.507 e. The quantitative estimate of drug-likeness (QED) is 0.839. The zero-order valence-electron chi connectivity index (χ0n) is 9.62. The molecule has 2 aromatic rings. The van der Waals surface area contributed by atoms with Gasteiger partial charge in [-0.15, -0.1) is 0 Å². The van der Waals surface area contributed by atoms with E-state index < -0.39 is 11.5 Å². The second kappa shape index (κ2) is 4.37. The van der Waals surface area contributed by atoms with Crippen molar-refractivity contribution in [3.05, 3.63) is 52.4 Å². The third-order valence-corrected chi connectivity index (χ3v) is 2.63. The number of hydrogen-bond acceptors (Lipinski definition) is 3. The number of carboxylic acids is 1. The van der Waals surface area contributed by atoms with Gasteiger partial charge in [0.2, 0.25) is 0 Å². The predicted octanol–water partition coefficient (Wildman–Crippen LogP) is 1.46. The number of pyridine rings is 1. The van der Waals surface area contributed by atoms with Crippen LogP contribution in [0.3, 0.4) is 0 Å². The molecule has 1 aromatic carbocycles. The average Bonchev–Trinajstić information content (AvgIpc) is 2.33. The second-order valence-electron chi connectivity index (χ2n) is 3.88. The highest BCUT2D eigenvalue weighted by molar-refractivity contribution is 5.89. The van der Waals surface area contributed by atoms with Gasteiger partial charge in [0.1, 0.15) is 11.3 Å². The van der Waals surface area contributed by atoms with Crippen LogP contribution in [0.2, 0.25) is 0 Å². The molecule has 0 aliphatic carbocycles. The van der Waals surface area contributed by atoms with Crippen molar-refractivity contribution in [1.29, 1.82) is 0 Å². The van der Waals surface area contributed by atoms with Gasteiger partial charge in [0.25, 0.3) is 5.56 Å². The molecule has 0 saturated carbocycles. The van der Waals surface area contributed by atoms with E-state index in [1.165, 1.54) is 29.9 Å². The van der Waals surface area contributed by atoms with Crippen LogP contribution in [0.1, 0.15) is 10.4 Å². The fourth-order valence-corrected chi connectivity index (χ4v) is 1.73. The number of phenolic OH excluding ortho intramolecular Hbond substituents is 1. The summed E-state index contributed by atoms with van der Waals surface area (Å²) < 4.78 is 1.19. The summed E-state index contributed by atoms with van der Waals surface area (Å²) in [5.41, 5.74) is 0.0584. The van der Waals surface area contributed by atoms with Crippen molar-refractivity contribution >= 4 is 5.97 Å². The number of benzene rings is 1. The molecule has 0 amide bonds. The first-order valence-electron chi connectivity index (χ1n) is 5.23. The number of hydrogen-bond donors (Lipinski definition) is 2. The van der Waals surface area contributed by atoms with Crippen LogP contribution in [-0.4, -0.2) is 20.7 Å². The maximum absolute atomic E-state index is 11.6. The van der Waals surface area contributed by atoms with Crippen molar-refractivity contribution in [2.24, 2.45) is 7.05 Å². The molecule has 0 atom stereocenters. The Labute approximate surface area is 103 Å². The number of para-hydroxylation sites is 1. The van der Waals surface area contributed by atoms with Crippen molar-refractivity contribution < 1.29 is 15.0 Å². The topological polar surface area (TPSA) is 79.5 Å². The number of aromatic nitrogens is 1. The maximum Gasteiger partial charge on any atom is 0.341 e. The van der Waals surface area contributed by atoms with Crippen LogP contribution in [0, 0.1) is 0 Å². The Balaban J connectivity index is 2.71. The third kappa shape index (κ3) is 1.98. The van der Waals surface area contributed by atoms with Crippen LogP contribution in [0.4, 0.5) is 0 Å². The minimum absolute atomic E-state index is 0.0347. The van der Waals surface area contributed by atoms with Crippen LogP contribution in [0.5, 0.6) is 5.75 Å². The molecule has 2 N–H and O–H groups in total. The smallest absolute Gasteiger partial charge is 0.341 e. The molecule has 0 unspecified atom stereocenters. The number of aryl methyl sites for hydroxylation is 1. The van der Waals surface area contributed by atoms with E-state index in [2.05, 4.69) is 0 Å². The summed E-state index contributed by atoms with van der Waals surface area (Å²) in [5, 5.41) is 18.7. The lowest BCUT2D eigenvalue weighted by Crippen LogP contribution is -2.23. The van der Waals surface area contributed by atoms with Crippen LogP contribution >= 0.6 is 0 Å². The molecule has 0 aliphatic heterocycles. The molecular weight excluding hydrogens is 234 g/mol. The van der Waals surface area contributed by atoms with Crippen molar-refractivity contribution in [3.8, 4) is 16.9 Å². The van der Waals surface area contributed by atoms with Gasteiger partial charge in [0, 0.05) is 24.4 Å². The molecule has 0 saturated heterocycles. The standard InChI is InChI=1S/C13H11NO4/c1-14-7-8(6-10(12(14)16)13(17)18)9-4-2-3-5-11(9)15/h2-7,15H,1H3,(H,17,18). The van der Waals surface area contributed by atoms with E-state index >= 15 is 0 Å². The SMILES string of the molecule is Cn1cc(-c2ccccc2O)cc(C(=O)O)c1=O. The molecule has 2 rings (SSSR count). The number of aromatic hydroxyl groups is 1. The Morgan fingerprint density at radius 2 is 1.94 bits per heavy atom. The fourth-order valence-electron chi connectivity index (χ4n) is 1.73. The van der Waals surface area contributed by atoms with Crippen LogP contribution in [-0.2, 0) is 7.05 Å². The average molecular weight is 245 g/mol. The van der Waals surface area contributed by atoms with Gasteiger partial charge in [-0.2, -0.15) is 0 Å². The lowest BCUT2D eigenvalue weighted by Gasteiger charge is -2.07. The van der Waals surface area contributed by atoms with Gasteiger partial charge >= 0.3 is 5.97 Å². The fraction of sp³-hybridized carbons (Fsp3) is 0.0769. The van der Waals surface area contributed by atoms with Crippen molar-refractivity contribution in [2.75, 3.05) is 0 Å². The zero-order chi connectivity index (χ0) is 13.3. The summed E-state index contributed by atoms with van der Waals surface area (Å²) in [6.45, 7) is 0. The lowest BCUT2D eigenvalue weighted by atomic mass is 10.0. The normalized spacial score (nSPS) is 10.3. The number of aromatic carboxylic acids is 1. The monoisotopic (exact) mass is 245 g/mol. The van der Waals surface area contributed by atoms with Gasteiger partial charge in [-0.1, -0.05) is 18.2 Å². The minimum atomic E-state index is -1.28. The lowest BCUT2D eigenvalue weighted by molar-refractivity contribution is 0.0694. The van der Waals surface area contributed by atoms with Crippen LogP contribution < -0.4 is 5.56 Å². The van der Waals surface area contributed by atoms with Gasteiger partial charge in [0.15, 0.2) is 0 Å². The van der Waals surface area contributed by atoms with E-state index in [0.717, 1.165) is 0 Å². The molecule has 1 heterocycles. The molecule has 0 fully saturated rings. The molecule has 18 heavy (non-hydrogen) atoms. The summed E-state index contributed by atoms with van der Waals surface area (Å²) in [6.07, 6.45) is 1.49. The Morgan fingerprint density at radius 1 is 1.28 bits per heavy atom. The van der Waals surface area contributed by atoms with E-state index in [9.17, 15) is 14.7 Å². The molecular formula is C13H11NO4. The highest BCUT2D eigenvalue weighted by Gasteiger charge is 2.13. The molecule has 0 bridgehead atoms. The number of carbonyl (C=O) groups is 1. The summed E-state index contributed by atoms with van der Waals surface area (Å²) in [4.78, 5) is 22.6. The van der Waals surface area contributed by atoms with E-state index in [1.807, 2.05) is 0 Å². The summed E-state index contributed by atoms with van der Waals surface area (Å²) in [7, 11) is 1.47. The minimum Gasteiger partial charge on any atom is -0.507 e. The van der Waals surface area contributed by atoms with E-state index in [0.29, 0.717) is 11.1 Å². The van der Waals surface area contributed by atoms with E-state index in [4.69, 9.17) is 5.11 Å². The number of nitrogens with zero attached hydrogens (tertiary/aromatic N) is 1. The van der Waals surface area contributed by atoms with E-state index in [-0.39, 0.29) is 11.3 Å². The molecule has 0 radical (unpaired) electrons. The second-order valence-corrected chi connectivity index (χ2v) is 3.88. The first-order valence-corrected chi connectivity index (χ1v) is 5.23. The summed E-state index contributed by atoms with van der Waals surface area (Å²) in [5.74, 6) is -1.25.